The molecule has 0 bridgehead atoms. The Kier molecular flexibility index (Phi) is 4.25. The van der Waals surface area contributed by atoms with Crippen molar-refractivity contribution in [2.45, 2.75) is 13.8 Å². The molecule has 0 saturated heterocycles. The largest absolute Gasteiger partial charge is 0.322 e. The molecule has 0 saturated carbocycles. The van der Waals surface area contributed by atoms with E-state index in [-0.39, 0.29) is 5.91 Å². The van der Waals surface area contributed by atoms with Gasteiger partial charge in [-0.05, 0) is 60.1 Å². The van der Waals surface area contributed by atoms with Gasteiger partial charge in [-0.1, -0.05) is 6.07 Å². The van der Waals surface area contributed by atoms with Crippen LogP contribution >= 0.6 is 15.9 Å². The topological polar surface area (TPSA) is 59.8 Å². The highest BCUT2D eigenvalue weighted by Gasteiger charge is 2.09. The minimum atomic E-state index is -0.204. The minimum absolute atomic E-state index is 0.204. The second kappa shape index (κ2) is 6.34. The monoisotopic (exact) mass is 370 g/mol. The number of nitrogens with zero attached hydrogens (tertiary/aromatic N) is 3. The Labute approximate surface area is 142 Å². The smallest absolute Gasteiger partial charge is 0.257 e. The second-order valence-corrected chi connectivity index (χ2v) is 6.15. The quantitative estimate of drug-likeness (QED) is 0.760. The van der Waals surface area contributed by atoms with Gasteiger partial charge in [0.15, 0.2) is 0 Å². The Balaban J connectivity index is 1.86. The maximum Gasteiger partial charge on any atom is 0.257 e. The molecule has 1 N–H and O–H groups in total. The van der Waals surface area contributed by atoms with Gasteiger partial charge in [-0.3, -0.25) is 9.78 Å². The van der Waals surface area contributed by atoms with E-state index in [4.69, 9.17) is 0 Å². The molecule has 3 aromatic rings. The van der Waals surface area contributed by atoms with Gasteiger partial charge in [-0.25, -0.2) is 4.68 Å². The predicted molar refractivity (Wildman–Crippen MR) is 92.9 cm³/mol. The highest BCUT2D eigenvalue weighted by Crippen LogP contribution is 2.18. The number of carbonyl (C=O) groups excluding carboxylic acids is 1. The average Bonchev–Trinajstić information content (AvgIpc) is 2.86. The first-order chi connectivity index (χ1) is 11.0. The van der Waals surface area contributed by atoms with Crippen molar-refractivity contribution in [2.24, 2.45) is 0 Å². The molecule has 5 nitrogen and oxygen atoms in total. The number of hydrogen-bond donors (Lipinski definition) is 1. The van der Waals surface area contributed by atoms with Crippen LogP contribution < -0.4 is 5.32 Å². The van der Waals surface area contributed by atoms with Crippen molar-refractivity contribution < 1.29 is 4.79 Å². The van der Waals surface area contributed by atoms with E-state index in [0.717, 1.165) is 21.5 Å². The van der Waals surface area contributed by atoms with Gasteiger partial charge in [-0.15, -0.1) is 0 Å². The van der Waals surface area contributed by atoms with Crippen LogP contribution in [0.5, 0.6) is 0 Å². The molecule has 0 radical (unpaired) electrons. The van der Waals surface area contributed by atoms with Gasteiger partial charge in [0.1, 0.15) is 0 Å². The van der Waals surface area contributed by atoms with Crippen LogP contribution in [0.4, 0.5) is 5.69 Å². The van der Waals surface area contributed by atoms with E-state index in [1.165, 1.54) is 6.20 Å². The summed E-state index contributed by atoms with van der Waals surface area (Å²) in [7, 11) is 0. The standard InChI is InChI=1S/C17H15BrN4O/c1-11-6-12(2)22(21-11)16-5-3-4-15(8-16)20-17(23)13-7-14(18)10-19-9-13/h3-10H,1-2H3,(H,20,23). The highest BCUT2D eigenvalue weighted by atomic mass is 79.9. The van der Waals surface area contributed by atoms with Gasteiger partial charge < -0.3 is 5.32 Å². The van der Waals surface area contributed by atoms with Crippen LogP contribution in [0.3, 0.4) is 0 Å². The highest BCUT2D eigenvalue weighted by molar-refractivity contribution is 9.10. The molecule has 1 aromatic carbocycles. The molecule has 0 aliphatic rings. The molecule has 0 atom stereocenters. The number of benzene rings is 1. The molecule has 1 amide bonds. The molecule has 23 heavy (non-hydrogen) atoms. The molecule has 116 valence electrons. The molecule has 0 spiro atoms. The molecule has 0 unspecified atom stereocenters. The summed E-state index contributed by atoms with van der Waals surface area (Å²) in [5, 5.41) is 7.34. The van der Waals surface area contributed by atoms with Crippen LogP contribution in [0.2, 0.25) is 0 Å². The molecule has 0 aliphatic carbocycles. The van der Waals surface area contributed by atoms with Gasteiger partial charge in [0.25, 0.3) is 5.91 Å². The Morgan fingerprint density at radius 1 is 1.17 bits per heavy atom. The van der Waals surface area contributed by atoms with Crippen molar-refractivity contribution in [1.82, 2.24) is 14.8 Å². The summed E-state index contributed by atoms with van der Waals surface area (Å²) in [5.74, 6) is -0.204. The zero-order valence-electron chi connectivity index (χ0n) is 12.7. The lowest BCUT2D eigenvalue weighted by atomic mass is 10.2. The summed E-state index contributed by atoms with van der Waals surface area (Å²) in [5.41, 5.74) is 4.11. The molecule has 2 aromatic heterocycles. The number of halogens is 1. The van der Waals surface area contributed by atoms with Crippen LogP contribution in [-0.2, 0) is 0 Å². The van der Waals surface area contributed by atoms with E-state index in [2.05, 4.69) is 31.3 Å². The number of nitrogens with one attached hydrogen (secondary N) is 1. The summed E-state index contributed by atoms with van der Waals surface area (Å²) in [6.07, 6.45) is 3.17. The molecule has 0 aliphatic heterocycles. The van der Waals surface area contributed by atoms with Gasteiger partial charge in [0.2, 0.25) is 0 Å². The fraction of sp³-hybridized carbons (Fsp3) is 0.118. The zero-order valence-corrected chi connectivity index (χ0v) is 14.3. The van der Waals surface area contributed by atoms with E-state index >= 15 is 0 Å². The Bertz CT molecular complexity index is 873. The number of rotatable bonds is 3. The van der Waals surface area contributed by atoms with Crippen LogP contribution in [0.15, 0.2) is 53.3 Å². The molecular weight excluding hydrogens is 356 g/mol. The summed E-state index contributed by atoms with van der Waals surface area (Å²) >= 11 is 3.31. The number of aryl methyl sites for hydroxylation is 2. The van der Waals surface area contributed by atoms with Crippen molar-refractivity contribution in [3.63, 3.8) is 0 Å². The number of aromatic nitrogens is 3. The number of amides is 1. The van der Waals surface area contributed by atoms with E-state index in [9.17, 15) is 4.79 Å². The van der Waals surface area contributed by atoms with Gasteiger partial charge in [-0.2, -0.15) is 5.10 Å². The number of pyridine rings is 1. The Morgan fingerprint density at radius 3 is 2.70 bits per heavy atom. The summed E-state index contributed by atoms with van der Waals surface area (Å²) in [4.78, 5) is 16.3. The number of hydrogen-bond acceptors (Lipinski definition) is 3. The maximum atomic E-state index is 12.3. The van der Waals surface area contributed by atoms with Crippen LogP contribution in [-0.4, -0.2) is 20.7 Å². The second-order valence-electron chi connectivity index (χ2n) is 5.24. The van der Waals surface area contributed by atoms with Gasteiger partial charge in [0, 0.05) is 28.2 Å². The first kappa shape index (κ1) is 15.4. The zero-order chi connectivity index (χ0) is 16.4. The first-order valence-electron chi connectivity index (χ1n) is 7.08. The van der Waals surface area contributed by atoms with E-state index in [0.29, 0.717) is 11.3 Å². The van der Waals surface area contributed by atoms with Crippen LogP contribution in [0, 0.1) is 13.8 Å². The van der Waals surface area contributed by atoms with Crippen molar-refractivity contribution in [3.8, 4) is 5.69 Å². The Hall–Kier alpha value is -2.47. The molecule has 3 rings (SSSR count). The number of carbonyl (C=O) groups is 1. The summed E-state index contributed by atoms with van der Waals surface area (Å²) < 4.78 is 2.62. The van der Waals surface area contributed by atoms with Gasteiger partial charge in [0.05, 0.1) is 16.9 Å². The molecular formula is C17H15BrN4O. The van der Waals surface area contributed by atoms with Crippen molar-refractivity contribution >= 4 is 27.5 Å². The lowest BCUT2D eigenvalue weighted by Crippen LogP contribution is -2.12. The summed E-state index contributed by atoms with van der Waals surface area (Å²) in [6, 6.07) is 11.3. The van der Waals surface area contributed by atoms with Gasteiger partial charge >= 0.3 is 0 Å². The van der Waals surface area contributed by atoms with Crippen molar-refractivity contribution in [1.29, 1.82) is 0 Å². The fourth-order valence-electron chi connectivity index (χ4n) is 2.34. The predicted octanol–water partition coefficient (Wildman–Crippen LogP) is 3.90. The normalized spacial score (nSPS) is 10.6. The molecule has 2 heterocycles. The third-order valence-electron chi connectivity index (χ3n) is 3.33. The molecule has 0 fully saturated rings. The number of anilines is 1. The third kappa shape index (κ3) is 3.48. The minimum Gasteiger partial charge on any atom is -0.322 e. The fourth-order valence-corrected chi connectivity index (χ4v) is 2.71. The first-order valence-corrected chi connectivity index (χ1v) is 7.88. The lowest BCUT2D eigenvalue weighted by molar-refractivity contribution is 0.102. The van der Waals surface area contributed by atoms with Crippen molar-refractivity contribution in [3.05, 3.63) is 70.2 Å². The van der Waals surface area contributed by atoms with Crippen LogP contribution in [0.25, 0.3) is 5.69 Å². The molecule has 6 heteroatoms. The van der Waals surface area contributed by atoms with E-state index in [1.54, 1.807) is 12.3 Å². The lowest BCUT2D eigenvalue weighted by Gasteiger charge is -2.09. The maximum absolute atomic E-state index is 12.3. The SMILES string of the molecule is Cc1cc(C)n(-c2cccc(NC(=O)c3cncc(Br)c3)c2)n1. The van der Waals surface area contributed by atoms with Crippen molar-refractivity contribution in [2.75, 3.05) is 5.32 Å². The third-order valence-corrected chi connectivity index (χ3v) is 3.76. The van der Waals surface area contributed by atoms with Crippen LogP contribution in [0.1, 0.15) is 21.7 Å². The Morgan fingerprint density at radius 2 is 2.00 bits per heavy atom. The van der Waals surface area contributed by atoms with E-state index < -0.39 is 0 Å². The summed E-state index contributed by atoms with van der Waals surface area (Å²) in [6.45, 7) is 3.95. The van der Waals surface area contributed by atoms with E-state index in [1.807, 2.05) is 48.9 Å². The average molecular weight is 371 g/mol.